The van der Waals surface area contributed by atoms with Crippen molar-refractivity contribution < 1.29 is 9.59 Å². The molecule has 0 radical (unpaired) electrons. The van der Waals surface area contributed by atoms with E-state index in [9.17, 15) is 9.59 Å². The Morgan fingerprint density at radius 2 is 1.90 bits per heavy atom. The van der Waals surface area contributed by atoms with Gasteiger partial charge < -0.3 is 22.1 Å². The Bertz CT molecular complexity index is 1540. The molecule has 0 unspecified atom stereocenters. The normalized spacial score (nSPS) is 15.6. The van der Waals surface area contributed by atoms with Crippen molar-refractivity contribution in [2.45, 2.75) is 45.1 Å². The van der Waals surface area contributed by atoms with Crippen LogP contribution in [0.25, 0.3) is 22.5 Å². The minimum atomic E-state index is -0.801. The molecule has 2 aromatic heterocycles. The molecular formula is C29H32N10O2. The number of aryl methyl sites for hydroxylation is 1. The maximum Gasteiger partial charge on any atom is 0.247 e. The van der Waals surface area contributed by atoms with Crippen LogP contribution in [-0.4, -0.2) is 48.4 Å². The van der Waals surface area contributed by atoms with Gasteiger partial charge in [-0.3, -0.25) is 9.59 Å². The van der Waals surface area contributed by atoms with Crippen molar-refractivity contribution in [2.75, 3.05) is 11.1 Å². The van der Waals surface area contributed by atoms with E-state index >= 15 is 0 Å². The summed E-state index contributed by atoms with van der Waals surface area (Å²) < 4.78 is 0. The average molecular weight is 553 g/mol. The molecule has 7 N–H and O–H groups in total. The van der Waals surface area contributed by atoms with E-state index in [0.29, 0.717) is 30.8 Å². The Morgan fingerprint density at radius 3 is 2.59 bits per heavy atom. The lowest BCUT2D eigenvalue weighted by molar-refractivity contribution is -0.129. The van der Waals surface area contributed by atoms with Crippen LogP contribution in [0, 0.1) is 12.8 Å². The zero-order chi connectivity index (χ0) is 28.8. The van der Waals surface area contributed by atoms with Gasteiger partial charge in [0.2, 0.25) is 23.6 Å². The van der Waals surface area contributed by atoms with Gasteiger partial charge >= 0.3 is 0 Å². The first kappa shape index (κ1) is 27.4. The molecule has 0 spiro atoms. The first-order chi connectivity index (χ1) is 19.9. The third-order valence-electron chi connectivity index (χ3n) is 7.30. The van der Waals surface area contributed by atoms with Crippen molar-refractivity contribution in [3.05, 3.63) is 77.8 Å². The summed E-state index contributed by atoms with van der Waals surface area (Å²) in [5.74, 6) is 0.0388. The Morgan fingerprint density at radius 1 is 1.12 bits per heavy atom. The summed E-state index contributed by atoms with van der Waals surface area (Å²) >= 11 is 0. The number of hydrogen-bond donors (Lipinski definition) is 5. The van der Waals surface area contributed by atoms with E-state index in [2.05, 4.69) is 41.2 Å². The fraction of sp³-hybridized carbons (Fsp3) is 0.276. The minimum Gasteiger partial charge on any atom is -0.405 e. The molecule has 0 bridgehead atoms. The predicted molar refractivity (Wildman–Crippen MR) is 155 cm³/mol. The van der Waals surface area contributed by atoms with Gasteiger partial charge in [0, 0.05) is 35.3 Å². The lowest BCUT2D eigenvalue weighted by Gasteiger charge is -2.26. The molecule has 0 aliphatic heterocycles. The maximum absolute atomic E-state index is 13.6. The summed E-state index contributed by atoms with van der Waals surface area (Å²) in [6, 6.07) is 14.1. The van der Waals surface area contributed by atoms with Crippen LogP contribution in [0.2, 0.25) is 0 Å². The molecule has 5 rings (SSSR count). The van der Waals surface area contributed by atoms with Crippen LogP contribution in [0.5, 0.6) is 0 Å². The number of aromatic amines is 1. The molecule has 0 saturated heterocycles. The second kappa shape index (κ2) is 12.4. The highest BCUT2D eigenvalue weighted by molar-refractivity contribution is 5.97. The molecule has 210 valence electrons. The molecule has 1 atom stereocenters. The van der Waals surface area contributed by atoms with Crippen molar-refractivity contribution in [3.8, 4) is 22.5 Å². The summed E-state index contributed by atoms with van der Waals surface area (Å²) in [5, 5.41) is 19.9. The number of nitrogens with two attached hydrogens (primary N) is 2. The van der Waals surface area contributed by atoms with E-state index in [4.69, 9.17) is 11.5 Å². The molecule has 1 fully saturated rings. The maximum atomic E-state index is 13.6. The van der Waals surface area contributed by atoms with E-state index in [-0.39, 0.29) is 23.7 Å². The summed E-state index contributed by atoms with van der Waals surface area (Å²) in [5.41, 5.74) is 17.3. The lowest BCUT2D eigenvalue weighted by atomic mass is 9.85. The van der Waals surface area contributed by atoms with E-state index < -0.39 is 6.04 Å². The number of nitrogen functional groups attached to an aromatic ring is 1. The first-order valence-corrected chi connectivity index (χ1v) is 13.4. The van der Waals surface area contributed by atoms with Crippen molar-refractivity contribution in [3.63, 3.8) is 0 Å². The second-order valence-corrected chi connectivity index (χ2v) is 10.1. The third kappa shape index (κ3) is 6.72. The molecule has 2 heterocycles. The average Bonchev–Trinajstić information content (AvgIpc) is 3.52. The number of aromatic nitrogens is 6. The van der Waals surface area contributed by atoms with Gasteiger partial charge in [-0.2, -0.15) is 5.21 Å². The van der Waals surface area contributed by atoms with E-state index in [1.165, 1.54) is 0 Å². The lowest BCUT2D eigenvalue weighted by Crippen LogP contribution is -2.47. The van der Waals surface area contributed by atoms with E-state index in [0.717, 1.165) is 46.4 Å². The van der Waals surface area contributed by atoms with E-state index in [1.54, 1.807) is 36.7 Å². The molecule has 2 aromatic carbocycles. The molecule has 1 aliphatic carbocycles. The molecule has 4 aromatic rings. The van der Waals surface area contributed by atoms with Crippen LogP contribution >= 0.6 is 0 Å². The Kier molecular flexibility index (Phi) is 8.28. The van der Waals surface area contributed by atoms with Gasteiger partial charge in [-0.1, -0.05) is 29.8 Å². The number of hydrogen-bond acceptors (Lipinski definition) is 9. The minimum absolute atomic E-state index is 0.132. The Hall–Kier alpha value is -5.13. The van der Waals surface area contributed by atoms with Crippen LogP contribution < -0.4 is 22.1 Å². The zero-order valence-electron chi connectivity index (χ0n) is 22.7. The quantitative estimate of drug-likeness (QED) is 0.219. The van der Waals surface area contributed by atoms with Crippen molar-refractivity contribution in [1.29, 1.82) is 0 Å². The van der Waals surface area contributed by atoms with Gasteiger partial charge in [-0.15, -0.1) is 10.2 Å². The van der Waals surface area contributed by atoms with Gasteiger partial charge in [-0.05, 0) is 79.4 Å². The van der Waals surface area contributed by atoms with Crippen molar-refractivity contribution in [2.24, 2.45) is 11.7 Å². The Balaban J connectivity index is 1.35. The molecule has 41 heavy (non-hydrogen) atoms. The molecular weight excluding hydrogens is 520 g/mol. The smallest absolute Gasteiger partial charge is 0.247 e. The summed E-state index contributed by atoms with van der Waals surface area (Å²) in [6.45, 7) is 1.87. The number of amides is 2. The highest BCUT2D eigenvalue weighted by Crippen LogP contribution is 2.28. The third-order valence-corrected chi connectivity index (χ3v) is 7.30. The fourth-order valence-corrected chi connectivity index (χ4v) is 5.00. The second-order valence-electron chi connectivity index (χ2n) is 10.1. The fourth-order valence-electron chi connectivity index (χ4n) is 5.00. The van der Waals surface area contributed by atoms with Gasteiger partial charge in [0.15, 0.2) is 0 Å². The summed E-state index contributed by atoms with van der Waals surface area (Å²) in [4.78, 5) is 35.3. The molecule has 2 amide bonds. The van der Waals surface area contributed by atoms with Gasteiger partial charge in [0.1, 0.15) is 6.04 Å². The number of carbonyl (C=O) groups excluding carboxylic acids is 2. The van der Waals surface area contributed by atoms with Crippen LogP contribution in [0.15, 0.2) is 66.5 Å². The van der Waals surface area contributed by atoms with Crippen LogP contribution in [0.1, 0.15) is 36.9 Å². The zero-order valence-corrected chi connectivity index (χ0v) is 22.7. The number of allylic oxidation sites excluding steroid dienone is 1. The number of tetrazole rings is 1. The largest absolute Gasteiger partial charge is 0.405 e. The number of nitrogens with one attached hydrogen (secondary N) is 3. The standard InChI is InChI=1S/C29H32N10O2/c1-17-24(16-32-29(31)33-17)22-4-2-3-19(13-22)14-25(35-27(40)21-7-5-18(15-30)6-8-21)28(41)34-23-11-9-20(10-12-23)26-36-38-39-37-26/h2-4,9-13,15-16,21,25H,5-8,14,30H2,1H3,(H,34,41)(H,35,40)(H2,31,32,33)(H,36,37,38,39)/t21?,25-/m0/s1. The van der Waals surface area contributed by atoms with Crippen molar-refractivity contribution >= 4 is 23.5 Å². The van der Waals surface area contributed by atoms with Gasteiger partial charge in [0.05, 0.1) is 5.69 Å². The SMILES string of the molecule is Cc1nc(N)ncc1-c1cccc(C[C@H](NC(=O)C2CCC(=CN)CC2)C(=O)Nc2ccc(-c3nn[nH]n3)cc2)c1. The van der Waals surface area contributed by atoms with Crippen LogP contribution in [0.3, 0.4) is 0 Å². The van der Waals surface area contributed by atoms with Gasteiger partial charge in [-0.25, -0.2) is 9.97 Å². The van der Waals surface area contributed by atoms with Crippen LogP contribution in [-0.2, 0) is 16.0 Å². The van der Waals surface area contributed by atoms with Crippen molar-refractivity contribution in [1.82, 2.24) is 35.9 Å². The monoisotopic (exact) mass is 552 g/mol. The summed E-state index contributed by atoms with van der Waals surface area (Å²) in [7, 11) is 0. The molecule has 12 nitrogen and oxygen atoms in total. The number of anilines is 2. The Labute approximate surface area is 237 Å². The highest BCUT2D eigenvalue weighted by atomic mass is 16.2. The topological polar surface area (TPSA) is 190 Å². The van der Waals surface area contributed by atoms with Gasteiger partial charge in [0.25, 0.3) is 0 Å². The summed E-state index contributed by atoms with van der Waals surface area (Å²) in [6.07, 6.45) is 6.58. The molecule has 1 saturated carbocycles. The number of carbonyl (C=O) groups is 2. The number of benzene rings is 2. The molecule has 12 heteroatoms. The van der Waals surface area contributed by atoms with Crippen LogP contribution in [0.4, 0.5) is 11.6 Å². The van der Waals surface area contributed by atoms with E-state index in [1.807, 2.05) is 31.2 Å². The highest BCUT2D eigenvalue weighted by Gasteiger charge is 2.28. The first-order valence-electron chi connectivity index (χ1n) is 13.4. The predicted octanol–water partition coefficient (Wildman–Crippen LogP) is 2.91. The molecule has 1 aliphatic rings. The number of nitrogens with zero attached hydrogens (tertiary/aromatic N) is 5. The number of rotatable bonds is 8. The number of H-pyrrole nitrogens is 1.